The fourth-order valence-electron chi connectivity index (χ4n) is 2.94. The molecule has 1 amide bonds. The van der Waals surface area contributed by atoms with Crippen LogP contribution in [0, 0.1) is 0 Å². The molecule has 6 nitrogen and oxygen atoms in total. The van der Waals surface area contributed by atoms with Gasteiger partial charge in [0.25, 0.3) is 5.91 Å². The molecule has 0 bridgehead atoms. The maximum atomic E-state index is 12.6. The minimum absolute atomic E-state index is 0.0107. The number of anilines is 1. The number of rotatable bonds is 6. The third-order valence-corrected chi connectivity index (χ3v) is 4.81. The highest BCUT2D eigenvalue weighted by Crippen LogP contribution is 2.23. The summed E-state index contributed by atoms with van der Waals surface area (Å²) in [5.74, 6) is -1.09. The fraction of sp³-hybridized carbons (Fsp3) is 0.240. The summed E-state index contributed by atoms with van der Waals surface area (Å²) in [6.07, 6.45) is 0.487. The summed E-state index contributed by atoms with van der Waals surface area (Å²) in [6, 6.07) is 16.7. The molecular weight excluding hydrogens is 394 g/mol. The number of esters is 1. The Labute approximate surface area is 181 Å². The van der Waals surface area contributed by atoms with Crippen molar-refractivity contribution in [2.75, 3.05) is 5.32 Å². The van der Waals surface area contributed by atoms with E-state index in [0.717, 1.165) is 5.56 Å². The lowest BCUT2D eigenvalue weighted by Crippen LogP contribution is -2.24. The lowest BCUT2D eigenvalue weighted by molar-refractivity contribution is 0.0319. The van der Waals surface area contributed by atoms with Crippen molar-refractivity contribution in [3.63, 3.8) is 0 Å². The summed E-state index contributed by atoms with van der Waals surface area (Å²) in [7, 11) is 0. The molecule has 6 heteroatoms. The van der Waals surface area contributed by atoms with Crippen LogP contribution in [0.4, 0.5) is 5.69 Å². The lowest BCUT2D eigenvalue weighted by atomic mass is 9.86. The van der Waals surface area contributed by atoms with Gasteiger partial charge >= 0.3 is 5.97 Å². The van der Waals surface area contributed by atoms with E-state index in [1.165, 1.54) is 18.4 Å². The Morgan fingerprint density at radius 2 is 1.52 bits per heavy atom. The number of nitrogens with one attached hydrogen (secondary N) is 1. The van der Waals surface area contributed by atoms with Gasteiger partial charge in [-0.3, -0.25) is 9.59 Å². The summed E-state index contributed by atoms with van der Waals surface area (Å²) in [5.41, 5.74) is 2.38. The molecule has 0 spiro atoms. The molecule has 0 saturated heterocycles. The standard InChI is InChI=1S/C25H25NO5/c1-16(22(27)17-7-11-19(12-8-17)25(2,3)4)31-24(29)18-9-13-20(14-10-18)26-23(28)21-6-5-15-30-21/h5-16H,1-4H3,(H,26,28)/t16-/m1/s1. The van der Waals surface area contributed by atoms with Crippen LogP contribution in [0.3, 0.4) is 0 Å². The van der Waals surface area contributed by atoms with Gasteiger partial charge < -0.3 is 14.5 Å². The maximum absolute atomic E-state index is 12.6. The minimum Gasteiger partial charge on any atom is -0.459 e. The largest absolute Gasteiger partial charge is 0.459 e. The summed E-state index contributed by atoms with van der Waals surface area (Å²) in [6.45, 7) is 7.85. The summed E-state index contributed by atoms with van der Waals surface area (Å²) in [4.78, 5) is 37.0. The Bertz CT molecular complexity index is 1060. The van der Waals surface area contributed by atoms with Gasteiger partial charge in [0.15, 0.2) is 11.9 Å². The second-order valence-electron chi connectivity index (χ2n) is 8.25. The van der Waals surface area contributed by atoms with Crippen LogP contribution in [0.15, 0.2) is 71.3 Å². The average molecular weight is 419 g/mol. The number of amides is 1. The highest BCUT2D eigenvalue weighted by Gasteiger charge is 2.21. The van der Waals surface area contributed by atoms with Crippen LogP contribution >= 0.6 is 0 Å². The van der Waals surface area contributed by atoms with Crippen LogP contribution in [0.2, 0.25) is 0 Å². The fourth-order valence-corrected chi connectivity index (χ4v) is 2.94. The van der Waals surface area contributed by atoms with Crippen molar-refractivity contribution in [3.05, 3.63) is 89.4 Å². The average Bonchev–Trinajstić information content (AvgIpc) is 3.28. The number of furan rings is 1. The van der Waals surface area contributed by atoms with E-state index < -0.39 is 18.0 Å². The minimum atomic E-state index is -0.925. The summed E-state index contributed by atoms with van der Waals surface area (Å²) < 4.78 is 10.4. The Kier molecular flexibility index (Phi) is 6.39. The van der Waals surface area contributed by atoms with Crippen molar-refractivity contribution < 1.29 is 23.5 Å². The second kappa shape index (κ2) is 9.00. The number of ketones is 1. The molecule has 1 aromatic heterocycles. The molecule has 0 saturated carbocycles. The van der Waals surface area contributed by atoms with Gasteiger partial charge in [0.05, 0.1) is 11.8 Å². The predicted molar refractivity (Wildman–Crippen MR) is 117 cm³/mol. The first-order chi connectivity index (χ1) is 14.6. The van der Waals surface area contributed by atoms with Gasteiger partial charge in [-0.05, 0) is 54.3 Å². The van der Waals surface area contributed by atoms with Crippen LogP contribution in [0.1, 0.15) is 64.5 Å². The van der Waals surface area contributed by atoms with Gasteiger partial charge in [0.2, 0.25) is 5.78 Å². The first-order valence-electron chi connectivity index (χ1n) is 9.96. The molecule has 0 fully saturated rings. The first kappa shape index (κ1) is 22.0. The van der Waals surface area contributed by atoms with E-state index in [4.69, 9.17) is 9.15 Å². The van der Waals surface area contributed by atoms with E-state index in [-0.39, 0.29) is 22.5 Å². The van der Waals surface area contributed by atoms with E-state index in [9.17, 15) is 14.4 Å². The molecule has 1 N–H and O–H groups in total. The van der Waals surface area contributed by atoms with E-state index in [2.05, 4.69) is 26.1 Å². The van der Waals surface area contributed by atoms with E-state index >= 15 is 0 Å². The molecule has 3 aromatic rings. The maximum Gasteiger partial charge on any atom is 0.338 e. The molecule has 3 rings (SSSR count). The molecule has 1 heterocycles. The zero-order valence-electron chi connectivity index (χ0n) is 18.0. The Morgan fingerprint density at radius 1 is 0.903 bits per heavy atom. The summed E-state index contributed by atoms with van der Waals surface area (Å²) in [5, 5.41) is 2.67. The lowest BCUT2D eigenvalue weighted by Gasteiger charge is -2.19. The van der Waals surface area contributed by atoms with E-state index in [1.54, 1.807) is 43.3 Å². The third kappa shape index (κ3) is 5.48. The van der Waals surface area contributed by atoms with E-state index in [0.29, 0.717) is 11.3 Å². The smallest absolute Gasteiger partial charge is 0.338 e. The number of ether oxygens (including phenoxy) is 1. The molecule has 31 heavy (non-hydrogen) atoms. The van der Waals surface area contributed by atoms with Gasteiger partial charge in [-0.25, -0.2) is 4.79 Å². The monoisotopic (exact) mass is 419 g/mol. The first-order valence-corrected chi connectivity index (χ1v) is 9.96. The van der Waals surface area contributed by atoms with Gasteiger partial charge in [0, 0.05) is 11.3 Å². The molecule has 0 radical (unpaired) electrons. The topological polar surface area (TPSA) is 85.6 Å². The molecule has 2 aromatic carbocycles. The van der Waals surface area contributed by atoms with Crippen LogP contribution in [0.5, 0.6) is 0 Å². The Hall–Kier alpha value is -3.67. The molecule has 0 aliphatic heterocycles. The third-order valence-electron chi connectivity index (χ3n) is 4.81. The highest BCUT2D eigenvalue weighted by molar-refractivity contribution is 6.03. The van der Waals surface area contributed by atoms with Crippen molar-refractivity contribution >= 4 is 23.3 Å². The Balaban J connectivity index is 1.60. The molecule has 0 aliphatic rings. The van der Waals surface area contributed by atoms with Crippen molar-refractivity contribution in [1.82, 2.24) is 0 Å². The molecule has 0 aliphatic carbocycles. The highest BCUT2D eigenvalue weighted by atomic mass is 16.5. The zero-order chi connectivity index (χ0) is 22.6. The number of carbonyl (C=O) groups is 3. The van der Waals surface area contributed by atoms with Crippen LogP contribution in [-0.2, 0) is 10.2 Å². The second-order valence-corrected chi connectivity index (χ2v) is 8.25. The normalized spacial score (nSPS) is 12.1. The van der Waals surface area contributed by atoms with Crippen LogP contribution in [-0.4, -0.2) is 23.8 Å². The van der Waals surface area contributed by atoms with Crippen molar-refractivity contribution in [3.8, 4) is 0 Å². The Morgan fingerprint density at radius 3 is 2.06 bits per heavy atom. The van der Waals surface area contributed by atoms with Gasteiger partial charge in [-0.1, -0.05) is 45.0 Å². The summed E-state index contributed by atoms with van der Waals surface area (Å²) >= 11 is 0. The zero-order valence-corrected chi connectivity index (χ0v) is 18.0. The SMILES string of the molecule is C[C@@H](OC(=O)c1ccc(NC(=O)c2ccco2)cc1)C(=O)c1ccc(C(C)(C)C)cc1. The number of benzene rings is 2. The molecule has 0 unspecified atom stereocenters. The van der Waals surface area contributed by atoms with Crippen molar-refractivity contribution in [2.24, 2.45) is 0 Å². The quantitative estimate of drug-likeness (QED) is 0.435. The van der Waals surface area contributed by atoms with Gasteiger partial charge in [-0.15, -0.1) is 0 Å². The molecular formula is C25H25NO5. The van der Waals surface area contributed by atoms with Gasteiger partial charge in [0.1, 0.15) is 0 Å². The van der Waals surface area contributed by atoms with Crippen LogP contribution in [0.25, 0.3) is 0 Å². The van der Waals surface area contributed by atoms with Crippen molar-refractivity contribution in [2.45, 2.75) is 39.2 Å². The predicted octanol–water partition coefficient (Wildman–Crippen LogP) is 5.26. The molecule has 1 atom stereocenters. The van der Waals surface area contributed by atoms with Crippen molar-refractivity contribution in [1.29, 1.82) is 0 Å². The van der Waals surface area contributed by atoms with Gasteiger partial charge in [-0.2, -0.15) is 0 Å². The molecule has 160 valence electrons. The van der Waals surface area contributed by atoms with Crippen LogP contribution < -0.4 is 5.32 Å². The number of carbonyl (C=O) groups excluding carboxylic acids is 3. The number of hydrogen-bond donors (Lipinski definition) is 1. The number of Topliss-reactive ketones (excluding diaryl/α,β-unsaturated/α-hetero) is 1. The van der Waals surface area contributed by atoms with E-state index in [1.807, 2.05) is 12.1 Å². The number of hydrogen-bond acceptors (Lipinski definition) is 5.